The highest BCUT2D eigenvalue weighted by Crippen LogP contribution is 2.17. The SMILES string of the molecule is Cc1ccc(C(=O)Cc2cc(Cl)ccc2F)o1. The number of hydrogen-bond acceptors (Lipinski definition) is 2. The molecule has 1 heterocycles. The monoisotopic (exact) mass is 252 g/mol. The van der Waals surface area contributed by atoms with Gasteiger partial charge in [-0.25, -0.2) is 4.39 Å². The van der Waals surface area contributed by atoms with Crippen molar-refractivity contribution in [2.75, 3.05) is 0 Å². The first-order valence-corrected chi connectivity index (χ1v) is 5.47. The van der Waals surface area contributed by atoms with Crippen LogP contribution in [0, 0.1) is 12.7 Å². The lowest BCUT2D eigenvalue weighted by Gasteiger charge is -2.01. The number of hydrogen-bond donors (Lipinski definition) is 0. The fourth-order valence-corrected chi connectivity index (χ4v) is 1.72. The summed E-state index contributed by atoms with van der Waals surface area (Å²) in [7, 11) is 0. The second-order valence-corrected chi connectivity index (χ2v) is 4.18. The van der Waals surface area contributed by atoms with Crippen LogP contribution in [0.2, 0.25) is 5.02 Å². The quantitative estimate of drug-likeness (QED) is 0.778. The zero-order valence-electron chi connectivity index (χ0n) is 9.17. The molecule has 1 aromatic heterocycles. The van der Waals surface area contributed by atoms with Crippen LogP contribution >= 0.6 is 11.6 Å². The molecule has 0 N–H and O–H groups in total. The molecule has 0 radical (unpaired) electrons. The van der Waals surface area contributed by atoms with Gasteiger partial charge in [-0.05, 0) is 42.8 Å². The van der Waals surface area contributed by atoms with Crippen molar-refractivity contribution in [3.63, 3.8) is 0 Å². The number of ketones is 1. The predicted molar refractivity (Wildman–Crippen MR) is 62.9 cm³/mol. The van der Waals surface area contributed by atoms with Gasteiger partial charge >= 0.3 is 0 Å². The maximum absolute atomic E-state index is 13.4. The number of carbonyl (C=O) groups excluding carboxylic acids is 1. The molecule has 0 saturated carbocycles. The lowest BCUT2D eigenvalue weighted by molar-refractivity contribution is 0.0964. The Kier molecular flexibility index (Phi) is 3.29. The fraction of sp³-hybridized carbons (Fsp3) is 0.154. The van der Waals surface area contributed by atoms with Crippen LogP contribution < -0.4 is 0 Å². The number of rotatable bonds is 3. The molecule has 0 saturated heterocycles. The third-order valence-electron chi connectivity index (χ3n) is 2.37. The Morgan fingerprint density at radius 3 is 2.76 bits per heavy atom. The molecular formula is C13H10ClFO2. The standard InChI is InChI=1S/C13H10ClFO2/c1-8-2-5-13(17-8)12(16)7-9-6-10(14)3-4-11(9)15/h2-6H,7H2,1H3. The number of carbonyl (C=O) groups is 1. The summed E-state index contributed by atoms with van der Waals surface area (Å²) >= 11 is 5.75. The van der Waals surface area contributed by atoms with Gasteiger partial charge in [0.25, 0.3) is 0 Å². The average molecular weight is 253 g/mol. The van der Waals surface area contributed by atoms with E-state index in [1.807, 2.05) is 0 Å². The van der Waals surface area contributed by atoms with Gasteiger partial charge in [-0.1, -0.05) is 11.6 Å². The Labute approximate surface area is 103 Å². The maximum Gasteiger partial charge on any atom is 0.202 e. The lowest BCUT2D eigenvalue weighted by Crippen LogP contribution is -2.04. The van der Waals surface area contributed by atoms with Crippen molar-refractivity contribution in [1.29, 1.82) is 0 Å². The van der Waals surface area contributed by atoms with Gasteiger partial charge in [-0.15, -0.1) is 0 Å². The molecule has 0 unspecified atom stereocenters. The van der Waals surface area contributed by atoms with Crippen molar-refractivity contribution in [3.8, 4) is 0 Å². The van der Waals surface area contributed by atoms with Crippen LogP contribution in [0.4, 0.5) is 4.39 Å². The molecule has 0 atom stereocenters. The van der Waals surface area contributed by atoms with E-state index in [2.05, 4.69) is 0 Å². The largest absolute Gasteiger partial charge is 0.458 e. The van der Waals surface area contributed by atoms with E-state index in [9.17, 15) is 9.18 Å². The van der Waals surface area contributed by atoms with Crippen LogP contribution in [-0.2, 0) is 6.42 Å². The van der Waals surface area contributed by atoms with E-state index in [1.54, 1.807) is 19.1 Å². The van der Waals surface area contributed by atoms with E-state index in [4.69, 9.17) is 16.0 Å². The number of furan rings is 1. The van der Waals surface area contributed by atoms with Gasteiger partial charge in [-0.3, -0.25) is 4.79 Å². The minimum atomic E-state index is -0.439. The molecule has 0 fully saturated rings. The highest BCUT2D eigenvalue weighted by molar-refractivity contribution is 6.30. The maximum atomic E-state index is 13.4. The number of aryl methyl sites for hydroxylation is 1. The normalized spacial score (nSPS) is 10.5. The average Bonchev–Trinajstić information content (AvgIpc) is 2.70. The zero-order valence-corrected chi connectivity index (χ0v) is 9.92. The molecule has 0 amide bonds. The van der Waals surface area contributed by atoms with Crippen LogP contribution in [0.25, 0.3) is 0 Å². The van der Waals surface area contributed by atoms with Crippen LogP contribution in [0.3, 0.4) is 0 Å². The number of Topliss-reactive ketones (excluding diaryl/α,β-unsaturated/α-hetero) is 1. The summed E-state index contributed by atoms with van der Waals surface area (Å²) in [5, 5.41) is 0.407. The van der Waals surface area contributed by atoms with Crippen molar-refractivity contribution in [3.05, 3.63) is 58.3 Å². The molecule has 0 spiro atoms. The Balaban J connectivity index is 2.21. The van der Waals surface area contributed by atoms with Crippen molar-refractivity contribution >= 4 is 17.4 Å². The molecule has 2 rings (SSSR count). The zero-order chi connectivity index (χ0) is 12.4. The smallest absolute Gasteiger partial charge is 0.202 e. The predicted octanol–water partition coefficient (Wildman–Crippen LogP) is 3.81. The van der Waals surface area contributed by atoms with E-state index < -0.39 is 5.82 Å². The second-order valence-electron chi connectivity index (χ2n) is 3.75. The first kappa shape index (κ1) is 11.9. The summed E-state index contributed by atoms with van der Waals surface area (Å²) in [6.07, 6.45) is -0.0562. The van der Waals surface area contributed by atoms with Gasteiger partial charge < -0.3 is 4.42 Å². The Hall–Kier alpha value is -1.61. The van der Waals surface area contributed by atoms with E-state index in [1.165, 1.54) is 18.2 Å². The van der Waals surface area contributed by atoms with E-state index >= 15 is 0 Å². The van der Waals surface area contributed by atoms with Crippen molar-refractivity contribution in [2.24, 2.45) is 0 Å². The highest BCUT2D eigenvalue weighted by atomic mass is 35.5. The Morgan fingerprint density at radius 2 is 2.12 bits per heavy atom. The molecule has 1 aromatic carbocycles. The van der Waals surface area contributed by atoms with E-state index in [0.717, 1.165) is 0 Å². The molecule has 17 heavy (non-hydrogen) atoms. The molecule has 4 heteroatoms. The van der Waals surface area contributed by atoms with Crippen molar-refractivity contribution in [2.45, 2.75) is 13.3 Å². The third-order valence-corrected chi connectivity index (χ3v) is 2.61. The highest BCUT2D eigenvalue weighted by Gasteiger charge is 2.13. The summed E-state index contributed by atoms with van der Waals surface area (Å²) in [5.41, 5.74) is 0.275. The molecule has 88 valence electrons. The molecule has 0 aliphatic heterocycles. The Morgan fingerprint density at radius 1 is 1.35 bits per heavy atom. The summed E-state index contributed by atoms with van der Waals surface area (Å²) in [5.74, 6) is 0.187. The summed E-state index contributed by atoms with van der Waals surface area (Å²) in [6.45, 7) is 1.75. The van der Waals surface area contributed by atoms with Crippen molar-refractivity contribution < 1.29 is 13.6 Å². The third kappa shape index (κ3) is 2.74. The van der Waals surface area contributed by atoms with Crippen LogP contribution in [0.1, 0.15) is 21.9 Å². The minimum absolute atomic E-state index is 0.0562. The molecule has 0 aliphatic carbocycles. The summed E-state index contributed by atoms with van der Waals surface area (Å²) in [4.78, 5) is 11.8. The topological polar surface area (TPSA) is 30.2 Å². The minimum Gasteiger partial charge on any atom is -0.458 e. The van der Waals surface area contributed by atoms with Gasteiger partial charge in [0.05, 0.1) is 0 Å². The van der Waals surface area contributed by atoms with Crippen LogP contribution in [-0.4, -0.2) is 5.78 Å². The molecule has 2 nitrogen and oxygen atoms in total. The van der Waals surface area contributed by atoms with Gasteiger partial charge in [0.1, 0.15) is 11.6 Å². The first-order chi connectivity index (χ1) is 8.06. The first-order valence-electron chi connectivity index (χ1n) is 5.10. The van der Waals surface area contributed by atoms with Gasteiger partial charge in [0.2, 0.25) is 5.78 Å². The molecule has 2 aromatic rings. The molecular weight excluding hydrogens is 243 g/mol. The van der Waals surface area contributed by atoms with Gasteiger partial charge in [0.15, 0.2) is 5.76 Å². The second kappa shape index (κ2) is 4.72. The van der Waals surface area contributed by atoms with Crippen LogP contribution in [0.5, 0.6) is 0 Å². The van der Waals surface area contributed by atoms with E-state index in [0.29, 0.717) is 10.8 Å². The number of halogens is 2. The van der Waals surface area contributed by atoms with Gasteiger partial charge in [-0.2, -0.15) is 0 Å². The van der Waals surface area contributed by atoms with E-state index in [-0.39, 0.29) is 23.5 Å². The summed E-state index contributed by atoms with van der Waals surface area (Å²) < 4.78 is 18.6. The molecule has 0 bridgehead atoms. The lowest BCUT2D eigenvalue weighted by atomic mass is 10.1. The van der Waals surface area contributed by atoms with Crippen LogP contribution in [0.15, 0.2) is 34.7 Å². The fourth-order valence-electron chi connectivity index (χ4n) is 1.52. The van der Waals surface area contributed by atoms with Gasteiger partial charge in [0, 0.05) is 11.4 Å². The van der Waals surface area contributed by atoms with Crippen molar-refractivity contribution in [1.82, 2.24) is 0 Å². The summed E-state index contributed by atoms with van der Waals surface area (Å²) in [6, 6.07) is 7.42. The Bertz CT molecular complexity index is 560. The molecule has 0 aliphatic rings. The number of benzene rings is 1.